The molecule has 4 rings (SSSR count). The largest absolute Gasteiger partial charge is 0.480 e. The lowest BCUT2D eigenvalue weighted by atomic mass is 9.95. The van der Waals surface area contributed by atoms with Crippen molar-refractivity contribution in [3.8, 4) is 11.1 Å². The molecule has 2 N–H and O–H groups in total. The Bertz CT molecular complexity index is 1050. The quantitative estimate of drug-likeness (QED) is 0.535. The van der Waals surface area contributed by atoms with E-state index in [4.69, 9.17) is 19.3 Å². The zero-order valence-corrected chi connectivity index (χ0v) is 19.9. The van der Waals surface area contributed by atoms with E-state index < -0.39 is 30.3 Å². The number of ether oxygens (including phenoxy) is 3. The molecular weight excluding hydrogens is 452 g/mol. The van der Waals surface area contributed by atoms with Crippen LogP contribution in [0.3, 0.4) is 0 Å². The molecule has 35 heavy (non-hydrogen) atoms. The number of hydrogen-bond donors (Lipinski definition) is 2. The minimum Gasteiger partial charge on any atom is -0.480 e. The van der Waals surface area contributed by atoms with Crippen LogP contribution in [-0.4, -0.2) is 79.6 Å². The van der Waals surface area contributed by atoms with Crippen LogP contribution in [0.5, 0.6) is 0 Å². The molecule has 1 aliphatic carbocycles. The Morgan fingerprint density at radius 3 is 2.26 bits per heavy atom. The number of nitrogens with one attached hydrogen (secondary N) is 1. The van der Waals surface area contributed by atoms with E-state index in [1.54, 1.807) is 6.92 Å². The van der Waals surface area contributed by atoms with Crippen molar-refractivity contribution in [1.82, 2.24) is 10.2 Å². The van der Waals surface area contributed by atoms with Crippen molar-refractivity contribution in [3.05, 3.63) is 59.7 Å². The zero-order chi connectivity index (χ0) is 25.0. The number of fused-ring (bicyclic) bond motifs is 3. The average Bonchev–Trinajstić information content (AvgIpc) is 3.15. The molecule has 2 amide bonds. The second-order valence-electron chi connectivity index (χ2n) is 9.13. The van der Waals surface area contributed by atoms with Crippen LogP contribution < -0.4 is 5.32 Å². The number of alkyl carbamates (subject to hydrolysis) is 1. The molecule has 0 saturated carbocycles. The van der Waals surface area contributed by atoms with Crippen LogP contribution in [0.15, 0.2) is 48.5 Å². The van der Waals surface area contributed by atoms with Gasteiger partial charge in [0, 0.05) is 26.1 Å². The molecule has 2 aromatic carbocycles. The third kappa shape index (κ3) is 5.47. The van der Waals surface area contributed by atoms with Crippen LogP contribution in [0.4, 0.5) is 4.79 Å². The molecule has 1 atom stereocenters. The van der Waals surface area contributed by atoms with Gasteiger partial charge in [0.2, 0.25) is 5.91 Å². The Kier molecular flexibility index (Phi) is 7.37. The topological polar surface area (TPSA) is 114 Å². The number of amides is 2. The second kappa shape index (κ2) is 10.5. The molecule has 9 nitrogen and oxygen atoms in total. The summed E-state index contributed by atoms with van der Waals surface area (Å²) >= 11 is 0. The molecule has 1 unspecified atom stereocenters. The normalized spacial score (nSPS) is 16.6. The number of nitrogens with zero attached hydrogens (tertiary/aromatic N) is 1. The lowest BCUT2D eigenvalue weighted by molar-refractivity contribution is -0.174. The monoisotopic (exact) mass is 482 g/mol. The van der Waals surface area contributed by atoms with E-state index in [-0.39, 0.29) is 44.5 Å². The van der Waals surface area contributed by atoms with E-state index in [1.165, 1.54) is 12.0 Å². The number of carbonyl (C=O) groups is 3. The number of rotatable bonds is 10. The van der Waals surface area contributed by atoms with E-state index in [0.29, 0.717) is 0 Å². The summed E-state index contributed by atoms with van der Waals surface area (Å²) in [5, 5.41) is 11.5. The minimum absolute atomic E-state index is 0.0799. The standard InChI is InChI=1S/C26H30N2O7/c1-26(35-14-23(29)30)15-28(16-26)24(31)22(11-12-33-2)27-25(32)34-13-21-19-9-5-3-7-17(19)18-8-4-6-10-20(18)21/h3-10,21-22H,11-16H2,1-2H3,(H,27,32)(H,29,30). The number of carboxylic acid groups (broad SMARTS) is 1. The van der Waals surface area contributed by atoms with Crippen LogP contribution in [0.1, 0.15) is 30.4 Å². The summed E-state index contributed by atoms with van der Waals surface area (Å²) in [4.78, 5) is 38.0. The Labute approximate surface area is 204 Å². The molecule has 9 heteroatoms. The number of carboxylic acids is 1. The van der Waals surface area contributed by atoms with Crippen LogP contribution in [0.2, 0.25) is 0 Å². The SMILES string of the molecule is COCCC(NC(=O)OCC1c2ccccc2-c2ccccc21)C(=O)N1CC(C)(OCC(=O)O)C1. The molecule has 1 fully saturated rings. The van der Waals surface area contributed by atoms with Crippen molar-refractivity contribution in [2.45, 2.75) is 30.9 Å². The van der Waals surface area contributed by atoms with E-state index >= 15 is 0 Å². The fraction of sp³-hybridized carbons (Fsp3) is 0.423. The zero-order valence-electron chi connectivity index (χ0n) is 19.9. The Balaban J connectivity index is 1.36. The molecule has 0 radical (unpaired) electrons. The third-order valence-electron chi connectivity index (χ3n) is 6.45. The third-order valence-corrected chi connectivity index (χ3v) is 6.45. The maximum Gasteiger partial charge on any atom is 0.407 e. The highest BCUT2D eigenvalue weighted by molar-refractivity contribution is 5.86. The van der Waals surface area contributed by atoms with Crippen molar-refractivity contribution in [1.29, 1.82) is 0 Å². The molecule has 0 bridgehead atoms. The summed E-state index contributed by atoms with van der Waals surface area (Å²) in [6, 6.07) is 15.3. The summed E-state index contributed by atoms with van der Waals surface area (Å²) < 4.78 is 16.1. The van der Waals surface area contributed by atoms with Crippen molar-refractivity contribution in [2.24, 2.45) is 0 Å². The molecule has 1 aliphatic heterocycles. The predicted molar refractivity (Wildman–Crippen MR) is 127 cm³/mol. The molecule has 186 valence electrons. The first-order valence-electron chi connectivity index (χ1n) is 11.6. The summed E-state index contributed by atoms with van der Waals surface area (Å²) in [5.41, 5.74) is 3.76. The molecular formula is C26H30N2O7. The number of carbonyl (C=O) groups excluding carboxylic acids is 2. The van der Waals surface area contributed by atoms with Crippen molar-refractivity contribution in [3.63, 3.8) is 0 Å². The van der Waals surface area contributed by atoms with Crippen molar-refractivity contribution in [2.75, 3.05) is 40.0 Å². The van der Waals surface area contributed by atoms with Gasteiger partial charge in [-0.15, -0.1) is 0 Å². The fourth-order valence-electron chi connectivity index (χ4n) is 4.74. The van der Waals surface area contributed by atoms with Crippen LogP contribution >= 0.6 is 0 Å². The van der Waals surface area contributed by atoms with Gasteiger partial charge in [-0.25, -0.2) is 9.59 Å². The number of hydrogen-bond acceptors (Lipinski definition) is 6. The summed E-state index contributed by atoms with van der Waals surface area (Å²) in [6.45, 7) is 2.24. The number of likely N-dealkylation sites (tertiary alicyclic amines) is 1. The highest BCUT2D eigenvalue weighted by atomic mass is 16.5. The second-order valence-corrected chi connectivity index (χ2v) is 9.13. The van der Waals surface area contributed by atoms with Gasteiger partial charge in [-0.3, -0.25) is 4.79 Å². The summed E-state index contributed by atoms with van der Waals surface area (Å²) in [7, 11) is 1.52. The van der Waals surface area contributed by atoms with Gasteiger partial charge in [0.05, 0.1) is 13.1 Å². The maximum absolute atomic E-state index is 13.0. The highest BCUT2D eigenvalue weighted by Crippen LogP contribution is 2.44. The molecule has 1 heterocycles. The van der Waals surface area contributed by atoms with Gasteiger partial charge in [0.25, 0.3) is 0 Å². The van der Waals surface area contributed by atoms with Gasteiger partial charge in [0.15, 0.2) is 0 Å². The minimum atomic E-state index is -1.06. The lowest BCUT2D eigenvalue weighted by Crippen LogP contribution is -2.66. The molecule has 0 spiro atoms. The van der Waals surface area contributed by atoms with Gasteiger partial charge in [-0.1, -0.05) is 48.5 Å². The number of aliphatic carboxylic acids is 1. The van der Waals surface area contributed by atoms with E-state index in [1.807, 2.05) is 36.4 Å². The number of benzene rings is 2. The number of methoxy groups -OCH3 is 1. The van der Waals surface area contributed by atoms with Crippen molar-refractivity contribution < 1.29 is 33.7 Å². The first-order valence-corrected chi connectivity index (χ1v) is 11.6. The maximum atomic E-state index is 13.0. The first kappa shape index (κ1) is 24.7. The first-order chi connectivity index (χ1) is 16.8. The van der Waals surface area contributed by atoms with Gasteiger partial charge in [-0.2, -0.15) is 0 Å². The van der Waals surface area contributed by atoms with Crippen LogP contribution in [0.25, 0.3) is 11.1 Å². The van der Waals surface area contributed by atoms with E-state index in [9.17, 15) is 14.4 Å². The van der Waals surface area contributed by atoms with Crippen molar-refractivity contribution >= 4 is 18.0 Å². The van der Waals surface area contributed by atoms with Crippen LogP contribution in [0, 0.1) is 0 Å². The van der Waals surface area contributed by atoms with Gasteiger partial charge >= 0.3 is 12.1 Å². The predicted octanol–water partition coefficient (Wildman–Crippen LogP) is 2.63. The average molecular weight is 483 g/mol. The van der Waals surface area contributed by atoms with Gasteiger partial charge in [-0.05, 0) is 29.2 Å². The Hall–Kier alpha value is -3.43. The van der Waals surface area contributed by atoms with E-state index in [2.05, 4.69) is 17.4 Å². The van der Waals surface area contributed by atoms with E-state index in [0.717, 1.165) is 22.3 Å². The van der Waals surface area contributed by atoms with Gasteiger partial charge in [0.1, 0.15) is 24.9 Å². The Morgan fingerprint density at radius 1 is 1.09 bits per heavy atom. The molecule has 1 saturated heterocycles. The fourth-order valence-corrected chi connectivity index (χ4v) is 4.74. The highest BCUT2D eigenvalue weighted by Gasteiger charge is 2.44. The van der Waals surface area contributed by atoms with Gasteiger partial charge < -0.3 is 29.5 Å². The summed E-state index contributed by atoms with van der Waals surface area (Å²) in [6.07, 6.45) is -0.394. The Morgan fingerprint density at radius 2 is 1.69 bits per heavy atom. The molecule has 0 aromatic heterocycles. The lowest BCUT2D eigenvalue weighted by Gasteiger charge is -2.48. The molecule has 2 aliphatic rings. The molecule has 2 aromatic rings. The smallest absolute Gasteiger partial charge is 0.407 e. The van der Waals surface area contributed by atoms with Crippen LogP contribution in [-0.2, 0) is 23.8 Å². The summed E-state index contributed by atoms with van der Waals surface area (Å²) in [5.74, 6) is -1.43.